The van der Waals surface area contributed by atoms with Crippen molar-refractivity contribution in [2.24, 2.45) is 5.84 Å². The third-order valence-electron chi connectivity index (χ3n) is 2.10. The fraction of sp³-hybridized carbons (Fsp3) is 0.333. The molecule has 1 amide bonds. The molecule has 0 radical (unpaired) electrons. The lowest BCUT2D eigenvalue weighted by molar-refractivity contribution is 0.0951. The maximum absolute atomic E-state index is 11.6. The van der Waals surface area contributed by atoms with Crippen LogP contribution in [0.1, 0.15) is 23.2 Å². The maximum atomic E-state index is 11.6. The Hall–Kier alpha value is -1.62. The van der Waals surface area contributed by atoms with Crippen LogP contribution in [0.25, 0.3) is 0 Å². The third kappa shape index (κ3) is 1.82. The van der Waals surface area contributed by atoms with E-state index in [0.717, 1.165) is 12.8 Å². The highest BCUT2D eigenvalue weighted by molar-refractivity contribution is 5.98. The summed E-state index contributed by atoms with van der Waals surface area (Å²) in [6, 6.07) is 3.75. The van der Waals surface area contributed by atoms with Gasteiger partial charge in [-0.1, -0.05) is 0 Å². The predicted molar refractivity (Wildman–Crippen MR) is 52.5 cm³/mol. The van der Waals surface area contributed by atoms with Crippen molar-refractivity contribution < 1.29 is 4.79 Å². The molecule has 5 heteroatoms. The first kappa shape index (κ1) is 8.96. The maximum Gasteiger partial charge on any atom is 0.255 e. The van der Waals surface area contributed by atoms with Crippen molar-refractivity contribution >= 4 is 11.7 Å². The molecule has 1 aromatic heterocycles. The summed E-state index contributed by atoms with van der Waals surface area (Å²) in [5.41, 5.74) is 2.89. The molecular weight excluding hydrogens is 180 g/mol. The summed E-state index contributed by atoms with van der Waals surface area (Å²) >= 11 is 0. The van der Waals surface area contributed by atoms with Crippen molar-refractivity contribution in [3.63, 3.8) is 0 Å². The Labute approximate surface area is 81.7 Å². The molecule has 1 aliphatic rings. The highest BCUT2D eigenvalue weighted by Crippen LogP contribution is 2.20. The van der Waals surface area contributed by atoms with Crippen LogP contribution in [0, 0.1) is 0 Å². The standard InChI is InChI=1S/C9H12N4O/c10-13-8-7(2-1-5-11-8)9(14)12-6-3-4-6/h1-2,5-6H,3-4,10H2,(H,11,13)(H,12,14). The van der Waals surface area contributed by atoms with E-state index in [-0.39, 0.29) is 5.91 Å². The summed E-state index contributed by atoms with van der Waals surface area (Å²) in [4.78, 5) is 15.6. The summed E-state index contributed by atoms with van der Waals surface area (Å²) < 4.78 is 0. The Morgan fingerprint density at radius 3 is 3.00 bits per heavy atom. The van der Waals surface area contributed by atoms with Gasteiger partial charge in [-0.2, -0.15) is 0 Å². The van der Waals surface area contributed by atoms with Crippen LogP contribution in [-0.2, 0) is 0 Å². The van der Waals surface area contributed by atoms with Crippen molar-refractivity contribution in [3.05, 3.63) is 23.9 Å². The van der Waals surface area contributed by atoms with Crippen LogP contribution in [0.2, 0.25) is 0 Å². The highest BCUT2D eigenvalue weighted by Gasteiger charge is 2.24. The van der Waals surface area contributed by atoms with Gasteiger partial charge in [-0.05, 0) is 25.0 Å². The number of amides is 1. The SMILES string of the molecule is NNc1ncccc1C(=O)NC1CC1. The zero-order valence-corrected chi connectivity index (χ0v) is 7.66. The molecule has 0 unspecified atom stereocenters. The molecule has 0 atom stereocenters. The molecule has 0 spiro atoms. The number of carbonyl (C=O) groups is 1. The zero-order chi connectivity index (χ0) is 9.97. The number of aromatic nitrogens is 1. The number of anilines is 1. The van der Waals surface area contributed by atoms with Crippen LogP contribution in [0.5, 0.6) is 0 Å². The van der Waals surface area contributed by atoms with Crippen molar-refractivity contribution in [1.82, 2.24) is 10.3 Å². The number of rotatable bonds is 3. The lowest BCUT2D eigenvalue weighted by atomic mass is 10.2. The molecule has 14 heavy (non-hydrogen) atoms. The fourth-order valence-electron chi connectivity index (χ4n) is 1.19. The van der Waals surface area contributed by atoms with Gasteiger partial charge in [-0.25, -0.2) is 10.8 Å². The van der Waals surface area contributed by atoms with E-state index in [4.69, 9.17) is 5.84 Å². The van der Waals surface area contributed by atoms with Crippen LogP contribution >= 0.6 is 0 Å². The average molecular weight is 192 g/mol. The first-order chi connectivity index (χ1) is 6.81. The Balaban J connectivity index is 2.16. The number of carbonyl (C=O) groups excluding carboxylic acids is 1. The van der Waals surface area contributed by atoms with Gasteiger partial charge in [-0.3, -0.25) is 4.79 Å². The molecule has 1 aliphatic carbocycles. The molecule has 1 aromatic rings. The Kier molecular flexibility index (Phi) is 2.32. The molecule has 4 N–H and O–H groups in total. The summed E-state index contributed by atoms with van der Waals surface area (Å²) in [5.74, 6) is 5.53. The number of hydrogen-bond acceptors (Lipinski definition) is 4. The smallest absolute Gasteiger partial charge is 0.255 e. The number of nitrogens with zero attached hydrogens (tertiary/aromatic N) is 1. The zero-order valence-electron chi connectivity index (χ0n) is 7.66. The van der Waals surface area contributed by atoms with Gasteiger partial charge in [0.15, 0.2) is 5.82 Å². The molecule has 1 heterocycles. The van der Waals surface area contributed by atoms with E-state index in [1.165, 1.54) is 0 Å². The van der Waals surface area contributed by atoms with Gasteiger partial charge in [-0.15, -0.1) is 0 Å². The molecule has 5 nitrogen and oxygen atoms in total. The minimum Gasteiger partial charge on any atom is -0.349 e. The number of nitrogens with one attached hydrogen (secondary N) is 2. The topological polar surface area (TPSA) is 80.0 Å². The fourth-order valence-corrected chi connectivity index (χ4v) is 1.19. The average Bonchev–Trinajstić information content (AvgIpc) is 3.01. The Morgan fingerprint density at radius 1 is 1.57 bits per heavy atom. The molecule has 74 valence electrons. The second-order valence-corrected chi connectivity index (χ2v) is 3.29. The molecule has 1 fully saturated rings. The van der Waals surface area contributed by atoms with E-state index >= 15 is 0 Å². The van der Waals surface area contributed by atoms with Gasteiger partial charge in [0.1, 0.15) is 0 Å². The van der Waals surface area contributed by atoms with Crippen LogP contribution < -0.4 is 16.6 Å². The van der Waals surface area contributed by atoms with Gasteiger partial charge in [0.05, 0.1) is 5.56 Å². The third-order valence-corrected chi connectivity index (χ3v) is 2.10. The van der Waals surface area contributed by atoms with Gasteiger partial charge in [0.2, 0.25) is 0 Å². The summed E-state index contributed by atoms with van der Waals surface area (Å²) in [5, 5.41) is 2.87. The minimum atomic E-state index is -0.117. The molecular formula is C9H12N4O. The summed E-state index contributed by atoms with van der Waals surface area (Å²) in [6.45, 7) is 0. The number of nitrogens with two attached hydrogens (primary N) is 1. The molecule has 0 saturated heterocycles. The minimum absolute atomic E-state index is 0.117. The monoisotopic (exact) mass is 192 g/mol. The predicted octanol–water partition coefficient (Wildman–Crippen LogP) is 0.259. The van der Waals surface area contributed by atoms with Crippen molar-refractivity contribution in [3.8, 4) is 0 Å². The lowest BCUT2D eigenvalue weighted by Crippen LogP contribution is -2.27. The van der Waals surface area contributed by atoms with Crippen LogP contribution in [-0.4, -0.2) is 16.9 Å². The van der Waals surface area contributed by atoms with E-state index < -0.39 is 0 Å². The van der Waals surface area contributed by atoms with E-state index in [0.29, 0.717) is 17.4 Å². The van der Waals surface area contributed by atoms with Crippen LogP contribution in [0.4, 0.5) is 5.82 Å². The van der Waals surface area contributed by atoms with Gasteiger partial charge in [0, 0.05) is 12.2 Å². The highest BCUT2D eigenvalue weighted by atomic mass is 16.1. The lowest BCUT2D eigenvalue weighted by Gasteiger charge is -2.07. The number of pyridine rings is 1. The molecule has 2 rings (SSSR count). The Bertz CT molecular complexity index is 348. The van der Waals surface area contributed by atoms with Gasteiger partial charge >= 0.3 is 0 Å². The van der Waals surface area contributed by atoms with Gasteiger partial charge in [0.25, 0.3) is 5.91 Å². The van der Waals surface area contributed by atoms with Crippen molar-refractivity contribution in [2.45, 2.75) is 18.9 Å². The first-order valence-corrected chi connectivity index (χ1v) is 4.54. The molecule has 0 aromatic carbocycles. The number of nitrogen functional groups attached to an aromatic ring is 1. The normalized spacial score (nSPS) is 14.9. The Morgan fingerprint density at radius 2 is 2.36 bits per heavy atom. The van der Waals surface area contributed by atoms with Crippen molar-refractivity contribution in [1.29, 1.82) is 0 Å². The quantitative estimate of drug-likeness (QED) is 0.474. The number of hydrazine groups is 1. The molecule has 0 aliphatic heterocycles. The second kappa shape index (κ2) is 3.63. The summed E-state index contributed by atoms with van der Waals surface area (Å²) in [6.07, 6.45) is 3.72. The molecule has 0 bridgehead atoms. The number of hydrogen-bond donors (Lipinski definition) is 3. The summed E-state index contributed by atoms with van der Waals surface area (Å²) in [7, 11) is 0. The van der Waals surface area contributed by atoms with E-state index in [1.54, 1.807) is 18.3 Å². The van der Waals surface area contributed by atoms with Crippen LogP contribution in [0.3, 0.4) is 0 Å². The van der Waals surface area contributed by atoms with E-state index in [2.05, 4.69) is 15.7 Å². The first-order valence-electron chi connectivity index (χ1n) is 4.54. The largest absolute Gasteiger partial charge is 0.349 e. The van der Waals surface area contributed by atoms with E-state index in [9.17, 15) is 4.79 Å². The van der Waals surface area contributed by atoms with Crippen LogP contribution in [0.15, 0.2) is 18.3 Å². The second-order valence-electron chi connectivity index (χ2n) is 3.29. The van der Waals surface area contributed by atoms with Crippen molar-refractivity contribution in [2.75, 3.05) is 5.43 Å². The van der Waals surface area contributed by atoms with E-state index in [1.807, 2.05) is 0 Å². The van der Waals surface area contributed by atoms with Gasteiger partial charge < -0.3 is 10.7 Å². The molecule has 1 saturated carbocycles.